The Morgan fingerprint density at radius 2 is 1.64 bits per heavy atom. The van der Waals surface area contributed by atoms with Crippen molar-refractivity contribution in [3.8, 4) is 11.5 Å². The summed E-state index contributed by atoms with van der Waals surface area (Å²) >= 11 is 0. The molecular weight excluding hydrogens is 354 g/mol. The third-order valence-electron chi connectivity index (χ3n) is 4.27. The van der Waals surface area contributed by atoms with Crippen LogP contribution >= 0.6 is 0 Å². The Morgan fingerprint density at radius 3 is 2.25 bits per heavy atom. The summed E-state index contributed by atoms with van der Waals surface area (Å²) in [6.07, 6.45) is 0.0264. The Bertz CT molecular complexity index is 958. The third-order valence-corrected chi connectivity index (χ3v) is 4.27. The number of esters is 1. The minimum Gasteiger partial charge on any atom is -0.491 e. The smallest absolute Gasteiger partial charge is 0.354 e. The molecule has 0 N–H and O–H groups in total. The molecule has 0 unspecified atom stereocenters. The van der Waals surface area contributed by atoms with Crippen molar-refractivity contribution in [3.63, 3.8) is 0 Å². The molecule has 28 heavy (non-hydrogen) atoms. The fraction of sp³-hybridized carbons (Fsp3) is 0.348. The SMILES string of the molecule is COC(=O)c1cc2c(OC(C)C)cc(OC(C)C)cc2n1Cc1ccccc1. The topological polar surface area (TPSA) is 49.7 Å². The molecule has 0 spiro atoms. The number of ether oxygens (including phenoxy) is 3. The van der Waals surface area contributed by atoms with Crippen molar-refractivity contribution >= 4 is 16.9 Å². The molecule has 0 aliphatic rings. The van der Waals surface area contributed by atoms with Crippen LogP contribution < -0.4 is 9.47 Å². The Labute approximate surface area is 165 Å². The summed E-state index contributed by atoms with van der Waals surface area (Å²) < 4.78 is 19.0. The van der Waals surface area contributed by atoms with Crippen molar-refractivity contribution in [2.45, 2.75) is 46.4 Å². The van der Waals surface area contributed by atoms with Gasteiger partial charge < -0.3 is 18.8 Å². The molecule has 0 fully saturated rings. The fourth-order valence-electron chi connectivity index (χ4n) is 3.20. The van der Waals surface area contributed by atoms with Gasteiger partial charge >= 0.3 is 5.97 Å². The minimum absolute atomic E-state index is 0.00319. The number of nitrogens with zero attached hydrogens (tertiary/aromatic N) is 1. The lowest BCUT2D eigenvalue weighted by Gasteiger charge is -2.16. The van der Waals surface area contributed by atoms with Crippen LogP contribution in [0.3, 0.4) is 0 Å². The lowest BCUT2D eigenvalue weighted by atomic mass is 10.2. The van der Waals surface area contributed by atoms with E-state index in [1.807, 2.05) is 80.8 Å². The normalized spacial score (nSPS) is 11.2. The molecule has 0 amide bonds. The van der Waals surface area contributed by atoms with Gasteiger partial charge in [-0.3, -0.25) is 0 Å². The molecule has 3 rings (SSSR count). The van der Waals surface area contributed by atoms with E-state index < -0.39 is 0 Å². The molecule has 148 valence electrons. The number of carbonyl (C=O) groups excluding carboxylic acids is 1. The molecule has 0 radical (unpaired) electrons. The summed E-state index contributed by atoms with van der Waals surface area (Å²) in [5.41, 5.74) is 2.45. The molecule has 0 bridgehead atoms. The van der Waals surface area contributed by atoms with E-state index in [2.05, 4.69) is 0 Å². The summed E-state index contributed by atoms with van der Waals surface area (Å²) in [5, 5.41) is 0.862. The van der Waals surface area contributed by atoms with Crippen LogP contribution in [0.5, 0.6) is 11.5 Å². The lowest BCUT2D eigenvalue weighted by Crippen LogP contribution is -2.11. The average molecular weight is 381 g/mol. The van der Waals surface area contributed by atoms with Crippen LogP contribution in [0.25, 0.3) is 10.9 Å². The van der Waals surface area contributed by atoms with Crippen LogP contribution in [-0.2, 0) is 11.3 Å². The van der Waals surface area contributed by atoms with Crippen molar-refractivity contribution in [1.29, 1.82) is 0 Å². The molecule has 5 nitrogen and oxygen atoms in total. The van der Waals surface area contributed by atoms with Crippen LogP contribution in [0.2, 0.25) is 0 Å². The van der Waals surface area contributed by atoms with Gasteiger partial charge in [-0.15, -0.1) is 0 Å². The van der Waals surface area contributed by atoms with Crippen LogP contribution in [0.4, 0.5) is 0 Å². The minimum atomic E-state index is -0.381. The van der Waals surface area contributed by atoms with E-state index in [-0.39, 0.29) is 18.2 Å². The number of aromatic nitrogens is 1. The van der Waals surface area contributed by atoms with E-state index >= 15 is 0 Å². The van der Waals surface area contributed by atoms with Gasteiger partial charge in [0.2, 0.25) is 0 Å². The predicted octanol–water partition coefficient (Wildman–Crippen LogP) is 5.05. The van der Waals surface area contributed by atoms with Gasteiger partial charge in [0.25, 0.3) is 0 Å². The van der Waals surface area contributed by atoms with E-state index in [1.165, 1.54) is 7.11 Å². The Morgan fingerprint density at radius 1 is 0.964 bits per heavy atom. The van der Waals surface area contributed by atoms with Gasteiger partial charge in [-0.05, 0) is 39.3 Å². The largest absolute Gasteiger partial charge is 0.491 e. The van der Waals surface area contributed by atoms with E-state index in [1.54, 1.807) is 0 Å². The highest BCUT2D eigenvalue weighted by molar-refractivity contribution is 5.98. The first kappa shape index (κ1) is 19.8. The second-order valence-corrected chi connectivity index (χ2v) is 7.28. The van der Waals surface area contributed by atoms with Crippen molar-refractivity contribution in [3.05, 3.63) is 59.8 Å². The first-order chi connectivity index (χ1) is 13.4. The van der Waals surface area contributed by atoms with E-state index in [4.69, 9.17) is 14.2 Å². The Kier molecular flexibility index (Phi) is 5.93. The van der Waals surface area contributed by atoms with E-state index in [9.17, 15) is 4.79 Å². The maximum atomic E-state index is 12.5. The highest BCUT2D eigenvalue weighted by Crippen LogP contribution is 2.35. The second kappa shape index (κ2) is 8.38. The molecule has 0 saturated carbocycles. The van der Waals surface area contributed by atoms with Gasteiger partial charge in [0, 0.05) is 24.1 Å². The van der Waals surface area contributed by atoms with Gasteiger partial charge in [-0.25, -0.2) is 4.79 Å². The van der Waals surface area contributed by atoms with Crippen LogP contribution in [0.1, 0.15) is 43.7 Å². The molecule has 0 aliphatic carbocycles. The fourth-order valence-corrected chi connectivity index (χ4v) is 3.20. The van der Waals surface area contributed by atoms with Gasteiger partial charge in [-0.1, -0.05) is 30.3 Å². The van der Waals surface area contributed by atoms with E-state index in [0.717, 1.165) is 16.5 Å². The third kappa shape index (κ3) is 4.30. The maximum absolute atomic E-state index is 12.5. The number of methoxy groups -OCH3 is 1. The molecular formula is C23H27NO4. The van der Waals surface area contributed by atoms with Crippen LogP contribution in [0, 0.1) is 0 Å². The number of rotatable bonds is 7. The lowest BCUT2D eigenvalue weighted by molar-refractivity contribution is 0.0589. The Hall–Kier alpha value is -2.95. The van der Waals surface area contributed by atoms with Crippen molar-refractivity contribution in [2.24, 2.45) is 0 Å². The quantitative estimate of drug-likeness (QED) is 0.537. The Balaban J connectivity index is 2.22. The number of carbonyl (C=O) groups is 1. The monoisotopic (exact) mass is 381 g/mol. The first-order valence-corrected chi connectivity index (χ1v) is 9.52. The summed E-state index contributed by atoms with van der Waals surface area (Å²) in [6.45, 7) is 8.46. The predicted molar refractivity (Wildman–Crippen MR) is 110 cm³/mol. The summed E-state index contributed by atoms with van der Waals surface area (Å²) in [4.78, 5) is 12.5. The zero-order valence-electron chi connectivity index (χ0n) is 17.1. The number of fused-ring (bicyclic) bond motifs is 1. The number of benzene rings is 2. The highest BCUT2D eigenvalue weighted by atomic mass is 16.5. The van der Waals surface area contributed by atoms with Gasteiger partial charge in [0.1, 0.15) is 17.2 Å². The zero-order valence-corrected chi connectivity index (χ0v) is 17.1. The first-order valence-electron chi connectivity index (χ1n) is 9.52. The molecule has 1 heterocycles. The van der Waals surface area contributed by atoms with Gasteiger partial charge in [0.05, 0.1) is 24.8 Å². The zero-order chi connectivity index (χ0) is 20.3. The molecule has 3 aromatic rings. The van der Waals surface area contributed by atoms with Crippen LogP contribution in [0.15, 0.2) is 48.5 Å². The highest BCUT2D eigenvalue weighted by Gasteiger charge is 2.21. The molecule has 5 heteroatoms. The molecule has 0 atom stereocenters. The van der Waals surface area contributed by atoms with Crippen molar-refractivity contribution in [1.82, 2.24) is 4.57 Å². The number of hydrogen-bond acceptors (Lipinski definition) is 4. The van der Waals surface area contributed by atoms with Crippen molar-refractivity contribution in [2.75, 3.05) is 7.11 Å². The summed E-state index contributed by atoms with van der Waals surface area (Å²) in [5.74, 6) is 1.02. The molecule has 1 aromatic heterocycles. The maximum Gasteiger partial charge on any atom is 0.354 e. The van der Waals surface area contributed by atoms with Gasteiger partial charge in [-0.2, -0.15) is 0 Å². The van der Waals surface area contributed by atoms with Crippen molar-refractivity contribution < 1.29 is 19.0 Å². The van der Waals surface area contributed by atoms with Gasteiger partial charge in [0.15, 0.2) is 0 Å². The molecule has 2 aromatic carbocycles. The average Bonchev–Trinajstić information content (AvgIpc) is 3.00. The molecule has 0 aliphatic heterocycles. The standard InChI is InChI=1S/C23H27NO4/c1-15(2)27-18-11-20-19(22(12-18)28-16(3)4)13-21(23(25)26-5)24(20)14-17-9-7-6-8-10-17/h6-13,15-16H,14H2,1-5H3. The van der Waals surface area contributed by atoms with E-state index in [0.29, 0.717) is 23.7 Å². The number of hydrogen-bond donors (Lipinski definition) is 0. The summed E-state index contributed by atoms with van der Waals surface area (Å²) in [6, 6.07) is 15.7. The molecule has 0 saturated heterocycles. The second-order valence-electron chi connectivity index (χ2n) is 7.28. The van der Waals surface area contributed by atoms with Crippen LogP contribution in [-0.4, -0.2) is 29.9 Å². The summed E-state index contributed by atoms with van der Waals surface area (Å²) in [7, 11) is 1.39.